The first kappa shape index (κ1) is 12.1. The summed E-state index contributed by atoms with van der Waals surface area (Å²) in [5.41, 5.74) is 1.67. The summed E-state index contributed by atoms with van der Waals surface area (Å²) in [5, 5.41) is 0. The number of hydrogen-bond acceptors (Lipinski definition) is 1. The number of hydrogen-bond donors (Lipinski definition) is 0. The molecular weight excluding hydrogens is 198 g/mol. The fourth-order valence-corrected chi connectivity index (χ4v) is 1.31. The average molecular weight is 213 g/mol. The molecule has 2 heteroatoms. The van der Waals surface area contributed by atoms with Gasteiger partial charge >= 0.3 is 0 Å². The van der Waals surface area contributed by atoms with Gasteiger partial charge in [0, 0.05) is 0 Å². The van der Waals surface area contributed by atoms with Crippen LogP contribution in [0.2, 0.25) is 0 Å². The number of nitrogens with zero attached hydrogens (tertiary/aromatic N) is 1. The molecule has 16 heavy (non-hydrogen) atoms. The Hall–Kier alpha value is -1.93. The molecule has 1 aromatic rings. The number of rotatable bonds is 2. The summed E-state index contributed by atoms with van der Waals surface area (Å²) in [7, 11) is 0. The lowest BCUT2D eigenvalue weighted by atomic mass is 9.87. The largest absolute Gasteiger partial charge is 0.492 e. The zero-order valence-electron chi connectivity index (χ0n) is 9.87. The van der Waals surface area contributed by atoms with E-state index in [1.165, 1.54) is 0 Å². The molecule has 0 aliphatic rings. The third kappa shape index (κ3) is 2.78. The summed E-state index contributed by atoms with van der Waals surface area (Å²) in [6.45, 7) is 13.6. The predicted octanol–water partition coefficient (Wildman–Crippen LogP) is 3.55. The predicted molar refractivity (Wildman–Crippen MR) is 65.7 cm³/mol. The van der Waals surface area contributed by atoms with Crippen LogP contribution in [0.15, 0.2) is 18.2 Å². The minimum Gasteiger partial charge on any atom is -0.492 e. The van der Waals surface area contributed by atoms with Gasteiger partial charge in [-0.1, -0.05) is 38.3 Å². The molecule has 0 aliphatic heterocycles. The van der Waals surface area contributed by atoms with Gasteiger partial charge in [-0.3, -0.25) is 0 Å². The van der Waals surface area contributed by atoms with Crippen LogP contribution in [0.4, 0.5) is 5.69 Å². The highest BCUT2D eigenvalue weighted by Crippen LogP contribution is 2.33. The molecule has 1 rings (SSSR count). The van der Waals surface area contributed by atoms with Crippen molar-refractivity contribution in [3.8, 4) is 18.1 Å². The summed E-state index contributed by atoms with van der Waals surface area (Å²) in [6.07, 6.45) is 5.11. The third-order valence-electron chi connectivity index (χ3n) is 2.26. The second kappa shape index (κ2) is 4.73. The van der Waals surface area contributed by atoms with E-state index in [-0.39, 0.29) is 12.0 Å². The van der Waals surface area contributed by atoms with Crippen LogP contribution in [0.25, 0.3) is 4.85 Å². The first-order valence-corrected chi connectivity index (χ1v) is 5.07. The van der Waals surface area contributed by atoms with Crippen LogP contribution < -0.4 is 4.74 Å². The van der Waals surface area contributed by atoms with E-state index >= 15 is 0 Å². The topological polar surface area (TPSA) is 13.6 Å². The van der Waals surface area contributed by atoms with Crippen LogP contribution in [-0.4, -0.2) is 6.61 Å². The van der Waals surface area contributed by atoms with E-state index < -0.39 is 0 Å². The van der Waals surface area contributed by atoms with Crippen molar-refractivity contribution in [2.75, 3.05) is 6.61 Å². The first-order chi connectivity index (χ1) is 7.49. The van der Waals surface area contributed by atoms with E-state index in [9.17, 15) is 0 Å². The van der Waals surface area contributed by atoms with E-state index in [2.05, 4.69) is 31.5 Å². The lowest BCUT2D eigenvalue weighted by Gasteiger charge is -2.20. The van der Waals surface area contributed by atoms with Crippen LogP contribution in [0.3, 0.4) is 0 Å². The van der Waals surface area contributed by atoms with Gasteiger partial charge in [0.15, 0.2) is 0 Å². The van der Waals surface area contributed by atoms with Gasteiger partial charge in [0.1, 0.15) is 12.4 Å². The molecule has 0 fully saturated rings. The van der Waals surface area contributed by atoms with E-state index in [0.717, 1.165) is 5.56 Å². The molecule has 0 unspecified atom stereocenters. The Kier molecular flexibility index (Phi) is 3.59. The molecule has 82 valence electrons. The molecule has 0 aliphatic carbocycles. The number of ether oxygens (including phenoxy) is 1. The molecule has 0 saturated carbocycles. The maximum Gasteiger partial charge on any atom is 0.228 e. The summed E-state index contributed by atoms with van der Waals surface area (Å²) in [6, 6.07) is 5.64. The fourth-order valence-electron chi connectivity index (χ4n) is 1.31. The quantitative estimate of drug-likeness (QED) is 0.541. The molecule has 0 aromatic heterocycles. The van der Waals surface area contributed by atoms with Crippen molar-refractivity contribution >= 4 is 5.69 Å². The zero-order valence-corrected chi connectivity index (χ0v) is 9.87. The summed E-state index contributed by atoms with van der Waals surface area (Å²) in [4.78, 5) is 3.45. The SMILES string of the molecule is [C-]#[N+]c1cc(C(C)(C)C)ccc1OCC#C. The Morgan fingerprint density at radius 1 is 1.44 bits per heavy atom. The second-order valence-corrected chi connectivity index (χ2v) is 4.54. The van der Waals surface area contributed by atoms with Crippen molar-refractivity contribution in [3.05, 3.63) is 35.2 Å². The van der Waals surface area contributed by atoms with Crippen molar-refractivity contribution in [3.63, 3.8) is 0 Å². The molecule has 0 radical (unpaired) electrons. The fraction of sp³-hybridized carbons (Fsp3) is 0.357. The molecule has 0 bridgehead atoms. The average Bonchev–Trinajstić information content (AvgIpc) is 2.24. The Morgan fingerprint density at radius 3 is 2.62 bits per heavy atom. The van der Waals surface area contributed by atoms with E-state index in [4.69, 9.17) is 17.7 Å². The van der Waals surface area contributed by atoms with Crippen LogP contribution in [0.1, 0.15) is 26.3 Å². The second-order valence-electron chi connectivity index (χ2n) is 4.54. The molecule has 2 nitrogen and oxygen atoms in total. The van der Waals surface area contributed by atoms with E-state index in [0.29, 0.717) is 11.4 Å². The maximum atomic E-state index is 7.11. The highest BCUT2D eigenvalue weighted by Gasteiger charge is 2.15. The smallest absolute Gasteiger partial charge is 0.228 e. The van der Waals surface area contributed by atoms with Crippen LogP contribution in [0.5, 0.6) is 5.75 Å². The van der Waals surface area contributed by atoms with Gasteiger partial charge in [-0.25, -0.2) is 4.85 Å². The molecule has 0 amide bonds. The molecule has 0 atom stereocenters. The van der Waals surface area contributed by atoms with Gasteiger partial charge < -0.3 is 4.74 Å². The molecule has 0 N–H and O–H groups in total. The first-order valence-electron chi connectivity index (χ1n) is 5.07. The highest BCUT2D eigenvalue weighted by molar-refractivity contribution is 5.59. The van der Waals surface area contributed by atoms with Gasteiger partial charge in [-0.05, 0) is 17.5 Å². The molecule has 0 saturated heterocycles. The zero-order chi connectivity index (χ0) is 12.2. The summed E-state index contributed by atoms with van der Waals surface area (Å²) >= 11 is 0. The Morgan fingerprint density at radius 2 is 2.12 bits per heavy atom. The van der Waals surface area contributed by atoms with E-state index in [1.807, 2.05) is 18.2 Å². The molecule has 0 heterocycles. The normalized spacial score (nSPS) is 10.3. The maximum absolute atomic E-state index is 7.11. The van der Waals surface area contributed by atoms with Gasteiger partial charge in [-0.15, -0.1) is 6.42 Å². The monoisotopic (exact) mass is 213 g/mol. The van der Waals surface area contributed by atoms with Crippen molar-refractivity contribution in [2.24, 2.45) is 0 Å². The van der Waals surface area contributed by atoms with Crippen LogP contribution >= 0.6 is 0 Å². The van der Waals surface area contributed by atoms with Gasteiger partial charge in [-0.2, -0.15) is 0 Å². The van der Waals surface area contributed by atoms with Gasteiger partial charge in [0.25, 0.3) is 0 Å². The molecule has 0 spiro atoms. The van der Waals surface area contributed by atoms with Crippen LogP contribution in [-0.2, 0) is 5.41 Å². The van der Waals surface area contributed by atoms with Gasteiger partial charge in [0.2, 0.25) is 5.69 Å². The summed E-state index contributed by atoms with van der Waals surface area (Å²) in [5.74, 6) is 2.94. The highest BCUT2D eigenvalue weighted by atomic mass is 16.5. The lowest BCUT2D eigenvalue weighted by Crippen LogP contribution is -2.10. The van der Waals surface area contributed by atoms with Crippen molar-refractivity contribution in [2.45, 2.75) is 26.2 Å². The van der Waals surface area contributed by atoms with Crippen LogP contribution in [0, 0.1) is 18.9 Å². The molecule has 1 aromatic carbocycles. The van der Waals surface area contributed by atoms with E-state index in [1.54, 1.807) is 0 Å². The number of terminal acetylenes is 1. The standard InChI is InChI=1S/C14H15NO/c1-6-9-16-13-8-7-11(14(2,3)4)10-12(13)15-5/h1,7-8,10H,9H2,2-4H3. The Labute approximate surface area is 97.1 Å². The van der Waals surface area contributed by atoms with Gasteiger partial charge in [0.05, 0.1) is 6.57 Å². The van der Waals surface area contributed by atoms with Crippen molar-refractivity contribution in [1.29, 1.82) is 0 Å². The minimum atomic E-state index is 0.0318. The third-order valence-corrected chi connectivity index (χ3v) is 2.26. The van der Waals surface area contributed by atoms with Crippen molar-refractivity contribution < 1.29 is 4.74 Å². The Balaban J connectivity index is 3.09. The number of benzene rings is 1. The lowest BCUT2D eigenvalue weighted by molar-refractivity contribution is 0.372. The summed E-state index contributed by atoms with van der Waals surface area (Å²) < 4.78 is 5.29. The molecular formula is C14H15NO. The minimum absolute atomic E-state index is 0.0318. The Bertz CT molecular complexity index is 455. The van der Waals surface area contributed by atoms with Crippen molar-refractivity contribution in [1.82, 2.24) is 0 Å².